The molecule has 3 aromatic rings. The number of hydrogen-bond donors (Lipinski definition) is 1. The van der Waals surface area contributed by atoms with E-state index in [0.717, 1.165) is 0 Å². The summed E-state index contributed by atoms with van der Waals surface area (Å²) in [6, 6.07) is 1.73. The molecule has 0 aromatic carbocycles. The van der Waals surface area contributed by atoms with Crippen LogP contribution in [0.1, 0.15) is 0 Å². The molecule has 0 spiro atoms. The zero-order valence-electron chi connectivity index (χ0n) is 9.61. The Kier molecular flexibility index (Phi) is 2.30. The van der Waals surface area contributed by atoms with Crippen molar-refractivity contribution < 1.29 is 4.52 Å². The summed E-state index contributed by atoms with van der Waals surface area (Å²) in [5, 5.41) is 3.89. The van der Waals surface area contributed by atoms with Crippen molar-refractivity contribution in [1.82, 2.24) is 24.7 Å². The maximum Gasteiger partial charge on any atom is 0.260 e. The smallest absolute Gasteiger partial charge is 0.260 e. The molecular formula is C11H10N6O. The van der Waals surface area contributed by atoms with Gasteiger partial charge < -0.3 is 14.8 Å². The first kappa shape index (κ1) is 10.5. The van der Waals surface area contributed by atoms with Gasteiger partial charge in [0.1, 0.15) is 0 Å². The van der Waals surface area contributed by atoms with Crippen molar-refractivity contribution in [2.24, 2.45) is 7.05 Å². The van der Waals surface area contributed by atoms with E-state index in [9.17, 15) is 0 Å². The number of pyridine rings is 1. The largest absolute Gasteiger partial charge is 0.397 e. The highest BCUT2D eigenvalue weighted by atomic mass is 16.5. The number of nitrogens with two attached hydrogens (primary N) is 1. The Labute approximate surface area is 102 Å². The lowest BCUT2D eigenvalue weighted by Crippen LogP contribution is -1.93. The molecule has 3 rings (SSSR count). The van der Waals surface area contributed by atoms with Gasteiger partial charge in [-0.3, -0.25) is 4.98 Å². The molecule has 7 heteroatoms. The van der Waals surface area contributed by atoms with Gasteiger partial charge in [-0.05, 0) is 6.07 Å². The van der Waals surface area contributed by atoms with E-state index in [4.69, 9.17) is 10.3 Å². The molecule has 0 aliphatic heterocycles. The van der Waals surface area contributed by atoms with Gasteiger partial charge in [-0.2, -0.15) is 4.98 Å². The maximum atomic E-state index is 5.80. The van der Waals surface area contributed by atoms with Crippen LogP contribution in [0.15, 0.2) is 35.4 Å². The number of nitrogens with zero attached hydrogens (tertiary/aromatic N) is 5. The Morgan fingerprint density at radius 2 is 2.22 bits per heavy atom. The van der Waals surface area contributed by atoms with Crippen LogP contribution >= 0.6 is 0 Å². The van der Waals surface area contributed by atoms with Crippen LogP contribution in [0.4, 0.5) is 5.69 Å². The van der Waals surface area contributed by atoms with Gasteiger partial charge in [0.15, 0.2) is 5.82 Å². The van der Waals surface area contributed by atoms with Crippen molar-refractivity contribution in [3.05, 3.63) is 30.9 Å². The lowest BCUT2D eigenvalue weighted by Gasteiger charge is -1.97. The van der Waals surface area contributed by atoms with Gasteiger partial charge in [0.2, 0.25) is 5.82 Å². The van der Waals surface area contributed by atoms with Gasteiger partial charge in [0.05, 0.1) is 17.4 Å². The highest BCUT2D eigenvalue weighted by molar-refractivity contribution is 5.69. The average molecular weight is 242 g/mol. The number of hydrogen-bond acceptors (Lipinski definition) is 6. The minimum Gasteiger partial charge on any atom is -0.397 e. The van der Waals surface area contributed by atoms with Crippen molar-refractivity contribution in [3.63, 3.8) is 0 Å². The normalized spacial score (nSPS) is 10.7. The van der Waals surface area contributed by atoms with Gasteiger partial charge in [-0.15, -0.1) is 0 Å². The minimum atomic E-state index is 0.355. The fraction of sp³-hybridized carbons (Fsp3) is 0.0909. The molecule has 0 radical (unpaired) electrons. The Balaban J connectivity index is 2.05. The Morgan fingerprint density at radius 3 is 2.94 bits per heavy atom. The fourth-order valence-corrected chi connectivity index (χ4v) is 1.61. The third-order valence-electron chi connectivity index (χ3n) is 2.53. The lowest BCUT2D eigenvalue weighted by molar-refractivity contribution is 0.432. The summed E-state index contributed by atoms with van der Waals surface area (Å²) in [7, 11) is 1.86. The molecule has 18 heavy (non-hydrogen) atoms. The van der Waals surface area contributed by atoms with Crippen LogP contribution in [-0.4, -0.2) is 24.7 Å². The third kappa shape index (κ3) is 1.61. The second-order valence-electron chi connectivity index (χ2n) is 3.75. The summed E-state index contributed by atoms with van der Waals surface area (Å²) >= 11 is 0. The standard InChI is InChI=1S/C11H10N6O/c1-17-5-4-14-10(17)9-15-11(18-16-9)7-2-3-13-6-8(7)12/h2-6H,12H2,1H3. The second-order valence-corrected chi connectivity index (χ2v) is 3.75. The number of aromatic nitrogens is 5. The van der Waals surface area contributed by atoms with E-state index >= 15 is 0 Å². The molecule has 3 heterocycles. The first-order valence-corrected chi connectivity index (χ1v) is 5.27. The van der Waals surface area contributed by atoms with Gasteiger partial charge in [0.25, 0.3) is 5.89 Å². The van der Waals surface area contributed by atoms with Crippen LogP contribution in [-0.2, 0) is 7.05 Å². The Morgan fingerprint density at radius 1 is 1.33 bits per heavy atom. The maximum absolute atomic E-state index is 5.80. The SMILES string of the molecule is Cn1ccnc1-c1noc(-c2ccncc2N)n1. The van der Waals surface area contributed by atoms with E-state index in [-0.39, 0.29) is 0 Å². The number of aryl methyl sites for hydroxylation is 1. The number of rotatable bonds is 2. The fourth-order valence-electron chi connectivity index (χ4n) is 1.61. The predicted octanol–water partition coefficient (Wildman–Crippen LogP) is 1.11. The van der Waals surface area contributed by atoms with Crippen molar-refractivity contribution in [2.75, 3.05) is 5.73 Å². The van der Waals surface area contributed by atoms with Gasteiger partial charge in [0, 0.05) is 25.6 Å². The Bertz CT molecular complexity index is 686. The summed E-state index contributed by atoms with van der Waals surface area (Å²) in [6.45, 7) is 0. The predicted molar refractivity (Wildman–Crippen MR) is 64.1 cm³/mol. The highest BCUT2D eigenvalue weighted by Crippen LogP contribution is 2.24. The summed E-state index contributed by atoms with van der Waals surface area (Å²) < 4.78 is 7.00. The van der Waals surface area contributed by atoms with Crippen molar-refractivity contribution in [3.8, 4) is 23.1 Å². The van der Waals surface area contributed by atoms with Crippen molar-refractivity contribution in [1.29, 1.82) is 0 Å². The first-order valence-electron chi connectivity index (χ1n) is 5.27. The van der Waals surface area contributed by atoms with Gasteiger partial charge >= 0.3 is 0 Å². The first-order chi connectivity index (χ1) is 8.75. The molecule has 0 aliphatic rings. The van der Waals surface area contributed by atoms with E-state index in [1.807, 2.05) is 17.8 Å². The molecule has 2 N–H and O–H groups in total. The van der Waals surface area contributed by atoms with Crippen LogP contribution < -0.4 is 5.73 Å². The lowest BCUT2D eigenvalue weighted by atomic mass is 10.2. The van der Waals surface area contributed by atoms with Gasteiger partial charge in [-0.25, -0.2) is 4.98 Å². The molecule has 0 saturated carbocycles. The molecular weight excluding hydrogens is 232 g/mol. The van der Waals surface area contributed by atoms with Crippen LogP contribution in [0.3, 0.4) is 0 Å². The third-order valence-corrected chi connectivity index (χ3v) is 2.53. The minimum absolute atomic E-state index is 0.355. The molecule has 0 fully saturated rings. The van der Waals surface area contributed by atoms with Crippen LogP contribution in [0, 0.1) is 0 Å². The monoisotopic (exact) mass is 242 g/mol. The van der Waals surface area contributed by atoms with E-state index in [2.05, 4.69) is 20.1 Å². The molecule has 0 bridgehead atoms. The highest BCUT2D eigenvalue weighted by Gasteiger charge is 2.15. The topological polar surface area (TPSA) is 95.7 Å². The summed E-state index contributed by atoms with van der Waals surface area (Å²) in [6.07, 6.45) is 6.65. The summed E-state index contributed by atoms with van der Waals surface area (Å²) in [5.74, 6) is 1.42. The zero-order valence-corrected chi connectivity index (χ0v) is 9.61. The second kappa shape index (κ2) is 3.95. The number of anilines is 1. The van der Waals surface area contributed by atoms with Crippen LogP contribution in [0.2, 0.25) is 0 Å². The summed E-state index contributed by atoms with van der Waals surface area (Å²) in [4.78, 5) is 12.3. The summed E-state index contributed by atoms with van der Waals surface area (Å²) in [5.41, 5.74) is 6.96. The molecule has 0 amide bonds. The molecule has 0 unspecified atom stereocenters. The molecule has 0 aliphatic carbocycles. The Hall–Kier alpha value is -2.70. The van der Waals surface area contributed by atoms with E-state index < -0.39 is 0 Å². The average Bonchev–Trinajstić information content (AvgIpc) is 2.98. The number of imidazole rings is 1. The molecule has 7 nitrogen and oxygen atoms in total. The van der Waals surface area contributed by atoms with E-state index in [0.29, 0.717) is 28.8 Å². The molecule has 0 atom stereocenters. The van der Waals surface area contributed by atoms with Crippen molar-refractivity contribution in [2.45, 2.75) is 0 Å². The van der Waals surface area contributed by atoms with E-state index in [1.54, 1.807) is 24.7 Å². The number of nitrogen functional groups attached to an aromatic ring is 1. The molecule has 0 saturated heterocycles. The van der Waals surface area contributed by atoms with E-state index in [1.165, 1.54) is 0 Å². The van der Waals surface area contributed by atoms with Gasteiger partial charge in [-0.1, -0.05) is 5.16 Å². The van der Waals surface area contributed by atoms with Crippen LogP contribution in [0.5, 0.6) is 0 Å². The molecule has 3 aromatic heterocycles. The quantitative estimate of drug-likeness (QED) is 0.723. The van der Waals surface area contributed by atoms with Crippen molar-refractivity contribution >= 4 is 5.69 Å². The molecule has 90 valence electrons. The van der Waals surface area contributed by atoms with Crippen LogP contribution in [0.25, 0.3) is 23.1 Å². The zero-order chi connectivity index (χ0) is 12.5.